The molecule has 4 rings (SSSR count). The van der Waals surface area contributed by atoms with Gasteiger partial charge in [-0.1, -0.05) is 42.6 Å². The minimum absolute atomic E-state index is 0.105. The SMILES string of the molecule is CCCCOC(=O)CN(c1ccc2c(ccn2-c2ccc(CO)cn2)c1)S(=O)(=O)c1cc(Cl)cc(Cl)c1. The fourth-order valence-electron chi connectivity index (χ4n) is 3.75. The zero-order chi connectivity index (χ0) is 26.6. The van der Waals surface area contributed by atoms with Crippen molar-refractivity contribution in [3.05, 3.63) is 82.6 Å². The van der Waals surface area contributed by atoms with Crippen LogP contribution in [0.2, 0.25) is 10.0 Å². The van der Waals surface area contributed by atoms with Crippen LogP contribution in [0.5, 0.6) is 0 Å². The van der Waals surface area contributed by atoms with Crippen LogP contribution in [-0.2, 0) is 26.2 Å². The number of halogens is 2. The highest BCUT2D eigenvalue weighted by molar-refractivity contribution is 7.92. The van der Waals surface area contributed by atoms with Crippen LogP contribution in [0, 0.1) is 0 Å². The van der Waals surface area contributed by atoms with Crippen molar-refractivity contribution >= 4 is 55.8 Å². The molecule has 2 aromatic heterocycles. The van der Waals surface area contributed by atoms with E-state index >= 15 is 0 Å². The fourth-order valence-corrected chi connectivity index (χ4v) is 5.88. The number of hydrogen-bond acceptors (Lipinski definition) is 6. The van der Waals surface area contributed by atoms with E-state index in [1.807, 2.05) is 23.8 Å². The van der Waals surface area contributed by atoms with Gasteiger partial charge >= 0.3 is 5.97 Å². The number of fused-ring (bicyclic) bond motifs is 1. The number of carbonyl (C=O) groups is 1. The molecule has 194 valence electrons. The van der Waals surface area contributed by atoms with Crippen molar-refractivity contribution in [2.24, 2.45) is 0 Å². The number of aromatic nitrogens is 2. The number of aliphatic hydroxyl groups is 1. The largest absolute Gasteiger partial charge is 0.464 e. The zero-order valence-electron chi connectivity index (χ0n) is 20.0. The number of aliphatic hydroxyl groups excluding tert-OH is 1. The Hall–Kier alpha value is -3.11. The molecule has 2 heterocycles. The number of unbranched alkanes of at least 4 members (excludes halogenated alkanes) is 1. The van der Waals surface area contributed by atoms with Crippen molar-refractivity contribution < 1.29 is 23.1 Å². The summed E-state index contributed by atoms with van der Waals surface area (Å²) in [5.74, 6) is -0.0338. The summed E-state index contributed by atoms with van der Waals surface area (Å²) < 4.78 is 35.5. The third kappa shape index (κ3) is 6.07. The Bertz CT molecular complexity index is 1500. The van der Waals surface area contributed by atoms with Gasteiger partial charge in [0.05, 0.1) is 29.3 Å². The van der Waals surface area contributed by atoms with Crippen LogP contribution in [0.25, 0.3) is 16.7 Å². The van der Waals surface area contributed by atoms with Crippen LogP contribution in [0.15, 0.2) is 71.9 Å². The second-order valence-corrected chi connectivity index (χ2v) is 11.0. The minimum atomic E-state index is -4.23. The molecule has 0 unspecified atom stereocenters. The topological polar surface area (TPSA) is 102 Å². The first kappa shape index (κ1) is 26.9. The first-order valence-corrected chi connectivity index (χ1v) is 13.7. The molecule has 0 aliphatic rings. The molecule has 11 heteroatoms. The van der Waals surface area contributed by atoms with E-state index in [9.17, 15) is 18.3 Å². The summed E-state index contributed by atoms with van der Waals surface area (Å²) in [6.45, 7) is 1.54. The summed E-state index contributed by atoms with van der Waals surface area (Å²) in [6, 6.07) is 14.4. The van der Waals surface area contributed by atoms with E-state index in [1.165, 1.54) is 18.2 Å². The highest BCUT2D eigenvalue weighted by Crippen LogP contribution is 2.31. The van der Waals surface area contributed by atoms with Crippen LogP contribution in [0.1, 0.15) is 25.3 Å². The zero-order valence-corrected chi connectivity index (χ0v) is 22.3. The first-order chi connectivity index (χ1) is 17.7. The lowest BCUT2D eigenvalue weighted by Gasteiger charge is -2.24. The van der Waals surface area contributed by atoms with E-state index < -0.39 is 22.5 Å². The number of esters is 1. The maximum atomic E-state index is 13.7. The predicted octanol–water partition coefficient (Wildman–Crippen LogP) is 5.36. The number of sulfonamides is 1. The van der Waals surface area contributed by atoms with Gasteiger partial charge < -0.3 is 14.4 Å². The molecule has 0 saturated heterocycles. The summed E-state index contributed by atoms with van der Waals surface area (Å²) in [5.41, 5.74) is 1.74. The maximum absolute atomic E-state index is 13.7. The summed E-state index contributed by atoms with van der Waals surface area (Å²) in [7, 11) is -4.23. The molecule has 0 aliphatic carbocycles. The number of carbonyl (C=O) groups excluding carboxylic acids is 1. The monoisotopic (exact) mass is 561 g/mol. The standard InChI is InChI=1S/C26H25Cl2N3O5S/c1-2-3-10-36-26(33)16-31(37(34,35)23-13-20(27)12-21(28)14-23)22-5-6-24-19(11-22)8-9-30(24)25-7-4-18(17-32)15-29-25/h4-9,11-15,32H,2-3,10,16-17H2,1H3. The van der Waals surface area contributed by atoms with E-state index in [-0.39, 0.29) is 33.8 Å². The highest BCUT2D eigenvalue weighted by atomic mass is 35.5. The van der Waals surface area contributed by atoms with Gasteiger partial charge in [-0.25, -0.2) is 13.4 Å². The summed E-state index contributed by atoms with van der Waals surface area (Å²) >= 11 is 12.1. The number of hydrogen-bond donors (Lipinski definition) is 1. The molecule has 8 nitrogen and oxygen atoms in total. The Balaban J connectivity index is 1.74. The van der Waals surface area contributed by atoms with Crippen molar-refractivity contribution in [1.82, 2.24) is 9.55 Å². The molecule has 37 heavy (non-hydrogen) atoms. The van der Waals surface area contributed by atoms with Crippen LogP contribution in [0.3, 0.4) is 0 Å². The van der Waals surface area contributed by atoms with Crippen molar-refractivity contribution in [3.8, 4) is 5.82 Å². The number of anilines is 1. The van der Waals surface area contributed by atoms with Crippen LogP contribution in [-0.4, -0.2) is 42.2 Å². The van der Waals surface area contributed by atoms with Crippen molar-refractivity contribution in [2.45, 2.75) is 31.3 Å². The molecule has 0 aliphatic heterocycles. The Kier molecular flexibility index (Phi) is 8.39. The molecule has 1 N–H and O–H groups in total. The summed E-state index contributed by atoms with van der Waals surface area (Å²) in [6.07, 6.45) is 4.91. The second-order valence-electron chi connectivity index (χ2n) is 8.30. The Labute approximate surface area is 225 Å². The van der Waals surface area contributed by atoms with E-state index in [0.29, 0.717) is 17.8 Å². The van der Waals surface area contributed by atoms with Gasteiger partial charge in [0.15, 0.2) is 0 Å². The highest BCUT2D eigenvalue weighted by Gasteiger charge is 2.29. The minimum Gasteiger partial charge on any atom is -0.464 e. The number of rotatable bonds is 10. The van der Waals surface area contributed by atoms with Gasteiger partial charge in [-0.3, -0.25) is 9.10 Å². The summed E-state index contributed by atoms with van der Waals surface area (Å²) in [4.78, 5) is 16.8. The average molecular weight is 562 g/mol. The van der Waals surface area contributed by atoms with Gasteiger partial charge in [-0.05, 0) is 60.5 Å². The number of ether oxygens (including phenoxy) is 1. The van der Waals surface area contributed by atoms with E-state index in [0.717, 1.165) is 21.6 Å². The lowest BCUT2D eigenvalue weighted by molar-refractivity contribution is -0.141. The normalized spacial score (nSPS) is 11.6. The van der Waals surface area contributed by atoms with Crippen LogP contribution >= 0.6 is 23.2 Å². The second kappa shape index (κ2) is 11.5. The number of nitrogens with zero attached hydrogens (tertiary/aromatic N) is 3. The van der Waals surface area contributed by atoms with Crippen molar-refractivity contribution in [1.29, 1.82) is 0 Å². The fraction of sp³-hybridized carbons (Fsp3) is 0.231. The molecule has 4 aromatic rings. The first-order valence-electron chi connectivity index (χ1n) is 11.5. The molecular weight excluding hydrogens is 537 g/mol. The van der Waals surface area contributed by atoms with E-state index in [1.54, 1.807) is 36.5 Å². The van der Waals surface area contributed by atoms with Gasteiger partial charge in [0.2, 0.25) is 0 Å². The van der Waals surface area contributed by atoms with Crippen molar-refractivity contribution in [3.63, 3.8) is 0 Å². The van der Waals surface area contributed by atoms with Crippen LogP contribution in [0.4, 0.5) is 5.69 Å². The molecule has 0 fully saturated rings. The molecule has 0 spiro atoms. The third-order valence-electron chi connectivity index (χ3n) is 5.66. The van der Waals surface area contributed by atoms with E-state index in [4.69, 9.17) is 27.9 Å². The quantitative estimate of drug-likeness (QED) is 0.206. The molecule has 0 atom stereocenters. The lowest BCUT2D eigenvalue weighted by atomic mass is 10.2. The van der Waals surface area contributed by atoms with Crippen LogP contribution < -0.4 is 4.31 Å². The van der Waals surface area contributed by atoms with Gasteiger partial charge in [-0.2, -0.15) is 0 Å². The summed E-state index contributed by atoms with van der Waals surface area (Å²) in [5, 5.41) is 10.3. The molecular formula is C26H25Cl2N3O5S. The number of pyridine rings is 1. The van der Waals surface area contributed by atoms with Gasteiger partial charge in [0.25, 0.3) is 10.0 Å². The predicted molar refractivity (Wildman–Crippen MR) is 144 cm³/mol. The Morgan fingerprint density at radius 3 is 2.49 bits per heavy atom. The van der Waals surface area contributed by atoms with Gasteiger partial charge in [0.1, 0.15) is 12.4 Å². The van der Waals surface area contributed by atoms with Gasteiger partial charge in [0, 0.05) is 27.8 Å². The Morgan fingerprint density at radius 2 is 1.84 bits per heavy atom. The molecule has 0 saturated carbocycles. The smallest absolute Gasteiger partial charge is 0.326 e. The molecule has 0 bridgehead atoms. The Morgan fingerprint density at radius 1 is 1.08 bits per heavy atom. The lowest BCUT2D eigenvalue weighted by Crippen LogP contribution is -2.36. The molecule has 0 radical (unpaired) electrons. The number of benzene rings is 2. The maximum Gasteiger partial charge on any atom is 0.326 e. The van der Waals surface area contributed by atoms with Crippen molar-refractivity contribution in [2.75, 3.05) is 17.5 Å². The molecule has 0 amide bonds. The molecule has 2 aromatic carbocycles. The average Bonchev–Trinajstić information content (AvgIpc) is 3.30. The third-order valence-corrected chi connectivity index (χ3v) is 7.85. The van der Waals surface area contributed by atoms with E-state index in [2.05, 4.69) is 4.98 Å². The van der Waals surface area contributed by atoms with Gasteiger partial charge in [-0.15, -0.1) is 0 Å².